The molecular formula is C23H21FN6O. The number of hydrogen-bond acceptors (Lipinski definition) is 5. The molecule has 0 unspecified atom stereocenters. The van der Waals surface area contributed by atoms with Gasteiger partial charge >= 0.3 is 0 Å². The van der Waals surface area contributed by atoms with E-state index in [0.717, 1.165) is 22.6 Å². The molecule has 1 amide bonds. The van der Waals surface area contributed by atoms with E-state index in [-0.39, 0.29) is 11.7 Å². The van der Waals surface area contributed by atoms with Gasteiger partial charge in [0.2, 0.25) is 0 Å². The molecule has 31 heavy (non-hydrogen) atoms. The maximum atomic E-state index is 13.0. The zero-order valence-corrected chi connectivity index (χ0v) is 17.3. The Bertz CT molecular complexity index is 1210. The van der Waals surface area contributed by atoms with Crippen molar-refractivity contribution < 1.29 is 9.18 Å². The predicted octanol–water partition coefficient (Wildman–Crippen LogP) is 4.72. The summed E-state index contributed by atoms with van der Waals surface area (Å²) in [4.78, 5) is 12.2. The summed E-state index contributed by atoms with van der Waals surface area (Å²) < 4.78 is 14.8. The van der Waals surface area contributed by atoms with Crippen LogP contribution in [0.1, 0.15) is 27.3 Å². The molecule has 7 nitrogen and oxygen atoms in total. The van der Waals surface area contributed by atoms with Crippen LogP contribution in [0.2, 0.25) is 0 Å². The molecule has 0 fully saturated rings. The van der Waals surface area contributed by atoms with Gasteiger partial charge < -0.3 is 10.6 Å². The molecule has 0 saturated heterocycles. The van der Waals surface area contributed by atoms with Crippen molar-refractivity contribution in [2.24, 2.45) is 0 Å². The number of carbonyl (C=O) groups is 1. The van der Waals surface area contributed by atoms with E-state index >= 15 is 0 Å². The molecule has 2 aromatic carbocycles. The van der Waals surface area contributed by atoms with Crippen molar-refractivity contribution in [3.05, 3.63) is 89.0 Å². The van der Waals surface area contributed by atoms with E-state index in [1.54, 1.807) is 16.8 Å². The van der Waals surface area contributed by atoms with Crippen molar-refractivity contribution in [2.75, 3.05) is 10.6 Å². The molecule has 0 spiro atoms. The number of carbonyl (C=O) groups excluding carboxylic acids is 1. The molecule has 0 atom stereocenters. The van der Waals surface area contributed by atoms with Gasteiger partial charge in [-0.25, -0.2) is 9.07 Å². The third-order valence-electron chi connectivity index (χ3n) is 5.04. The zero-order valence-electron chi connectivity index (χ0n) is 17.3. The van der Waals surface area contributed by atoms with Crippen LogP contribution >= 0.6 is 0 Å². The fourth-order valence-electron chi connectivity index (χ4n) is 3.04. The van der Waals surface area contributed by atoms with Gasteiger partial charge in [0.15, 0.2) is 11.6 Å². The van der Waals surface area contributed by atoms with Crippen LogP contribution in [-0.4, -0.2) is 25.9 Å². The fourth-order valence-corrected chi connectivity index (χ4v) is 3.04. The van der Waals surface area contributed by atoms with E-state index in [1.165, 1.54) is 24.3 Å². The molecule has 4 rings (SSSR count). The van der Waals surface area contributed by atoms with Gasteiger partial charge in [0.25, 0.3) is 5.91 Å². The second kappa shape index (κ2) is 8.35. The molecule has 0 bridgehead atoms. The maximum absolute atomic E-state index is 13.0. The largest absolute Gasteiger partial charge is 0.339 e. The van der Waals surface area contributed by atoms with Gasteiger partial charge in [-0.15, -0.1) is 10.2 Å². The first kappa shape index (κ1) is 20.2. The molecule has 2 aromatic heterocycles. The van der Waals surface area contributed by atoms with Crippen molar-refractivity contribution in [1.82, 2.24) is 20.0 Å². The van der Waals surface area contributed by atoms with E-state index < -0.39 is 0 Å². The van der Waals surface area contributed by atoms with Crippen molar-refractivity contribution in [2.45, 2.75) is 20.8 Å². The van der Waals surface area contributed by atoms with Gasteiger partial charge in [-0.05, 0) is 87.0 Å². The third kappa shape index (κ3) is 4.42. The Hall–Kier alpha value is -4.07. The molecule has 0 saturated carbocycles. The number of nitrogens with zero attached hydrogens (tertiary/aromatic N) is 4. The minimum Gasteiger partial charge on any atom is -0.339 e. The minimum absolute atomic E-state index is 0.304. The summed E-state index contributed by atoms with van der Waals surface area (Å²) in [5, 5.41) is 18.9. The lowest BCUT2D eigenvalue weighted by Crippen LogP contribution is -2.11. The summed E-state index contributed by atoms with van der Waals surface area (Å²) in [7, 11) is 0. The first-order chi connectivity index (χ1) is 14.9. The lowest BCUT2D eigenvalue weighted by atomic mass is 10.2. The second-order valence-corrected chi connectivity index (χ2v) is 7.15. The molecule has 156 valence electrons. The highest BCUT2D eigenvalue weighted by molar-refractivity contribution is 6.04. The molecular weight excluding hydrogens is 395 g/mol. The first-order valence-electron chi connectivity index (χ1n) is 9.71. The minimum atomic E-state index is -0.381. The Kier molecular flexibility index (Phi) is 5.44. The summed E-state index contributed by atoms with van der Waals surface area (Å²) in [5.41, 5.74) is 4.94. The molecule has 2 heterocycles. The van der Waals surface area contributed by atoms with Crippen LogP contribution < -0.4 is 10.6 Å². The lowest BCUT2D eigenvalue weighted by molar-refractivity contribution is 0.102. The van der Waals surface area contributed by atoms with Crippen LogP contribution in [0.5, 0.6) is 0 Å². The fraction of sp³-hybridized carbons (Fsp3) is 0.130. The average molecular weight is 416 g/mol. The number of aromatic nitrogens is 4. The number of hydrogen-bond donors (Lipinski definition) is 2. The number of rotatable bonds is 5. The Morgan fingerprint density at radius 1 is 0.871 bits per heavy atom. The van der Waals surface area contributed by atoms with Crippen molar-refractivity contribution in [1.29, 1.82) is 0 Å². The summed E-state index contributed by atoms with van der Waals surface area (Å²) in [6.07, 6.45) is 0. The van der Waals surface area contributed by atoms with Crippen LogP contribution in [-0.2, 0) is 0 Å². The van der Waals surface area contributed by atoms with E-state index in [4.69, 9.17) is 0 Å². The van der Waals surface area contributed by atoms with E-state index in [2.05, 4.69) is 25.9 Å². The SMILES string of the molecule is Cc1nn(-c2ccc(Nc3ccc(NC(=O)c4ccc(F)cc4)cc3)nn2)c(C)c1C. The number of benzene rings is 2. The van der Waals surface area contributed by atoms with Crippen LogP contribution in [0.15, 0.2) is 60.7 Å². The maximum Gasteiger partial charge on any atom is 0.255 e. The normalized spacial score (nSPS) is 10.7. The van der Waals surface area contributed by atoms with Gasteiger partial charge in [0.1, 0.15) is 5.82 Å². The number of halogens is 1. The quantitative estimate of drug-likeness (QED) is 0.492. The summed E-state index contributed by atoms with van der Waals surface area (Å²) in [5.74, 6) is 0.554. The Balaban J connectivity index is 1.41. The highest BCUT2D eigenvalue weighted by Crippen LogP contribution is 2.20. The van der Waals surface area contributed by atoms with Crippen molar-refractivity contribution in [3.8, 4) is 5.82 Å². The van der Waals surface area contributed by atoms with Crippen molar-refractivity contribution in [3.63, 3.8) is 0 Å². The molecule has 0 aliphatic carbocycles. The molecule has 2 N–H and O–H groups in total. The van der Waals surface area contributed by atoms with Gasteiger partial charge in [0, 0.05) is 22.6 Å². The first-order valence-corrected chi connectivity index (χ1v) is 9.71. The number of aryl methyl sites for hydroxylation is 1. The van der Waals surface area contributed by atoms with E-state index in [1.807, 2.05) is 45.0 Å². The number of anilines is 3. The van der Waals surface area contributed by atoms with Crippen LogP contribution in [0.25, 0.3) is 5.82 Å². The second-order valence-electron chi connectivity index (χ2n) is 7.15. The Labute approximate surface area is 179 Å². The molecule has 4 aromatic rings. The van der Waals surface area contributed by atoms with Crippen LogP contribution in [0, 0.1) is 26.6 Å². The molecule has 8 heteroatoms. The van der Waals surface area contributed by atoms with Gasteiger partial charge in [0.05, 0.1) is 5.69 Å². The molecule has 0 radical (unpaired) electrons. The van der Waals surface area contributed by atoms with Gasteiger partial charge in [-0.3, -0.25) is 4.79 Å². The Morgan fingerprint density at radius 2 is 1.55 bits per heavy atom. The summed E-state index contributed by atoms with van der Waals surface area (Å²) >= 11 is 0. The highest BCUT2D eigenvalue weighted by atomic mass is 19.1. The van der Waals surface area contributed by atoms with E-state index in [9.17, 15) is 9.18 Å². The van der Waals surface area contributed by atoms with Crippen LogP contribution in [0.4, 0.5) is 21.6 Å². The summed E-state index contributed by atoms with van der Waals surface area (Å²) in [6, 6.07) is 16.2. The monoisotopic (exact) mass is 416 g/mol. The van der Waals surface area contributed by atoms with Gasteiger partial charge in [-0.2, -0.15) is 5.10 Å². The number of amides is 1. The molecule has 0 aliphatic rings. The van der Waals surface area contributed by atoms with E-state index in [0.29, 0.717) is 22.9 Å². The lowest BCUT2D eigenvalue weighted by Gasteiger charge is -2.09. The zero-order chi connectivity index (χ0) is 22.0. The van der Waals surface area contributed by atoms with Crippen molar-refractivity contribution >= 4 is 23.1 Å². The molecule has 0 aliphatic heterocycles. The Morgan fingerprint density at radius 3 is 2.13 bits per heavy atom. The highest BCUT2D eigenvalue weighted by Gasteiger charge is 2.11. The number of nitrogens with one attached hydrogen (secondary N) is 2. The predicted molar refractivity (Wildman–Crippen MR) is 117 cm³/mol. The standard InChI is InChI=1S/C23H21FN6O/c1-14-15(2)29-30(16(14)3)22-13-12-21(27-28-22)25-19-8-10-20(11-9-19)26-23(31)17-4-6-18(24)7-5-17/h4-13H,1-3H3,(H,25,27)(H,26,31). The van der Waals surface area contributed by atoms with Crippen LogP contribution in [0.3, 0.4) is 0 Å². The average Bonchev–Trinajstić information content (AvgIpc) is 3.03. The smallest absolute Gasteiger partial charge is 0.255 e. The topological polar surface area (TPSA) is 84.7 Å². The van der Waals surface area contributed by atoms with Gasteiger partial charge in [-0.1, -0.05) is 0 Å². The third-order valence-corrected chi connectivity index (χ3v) is 5.04. The summed E-state index contributed by atoms with van der Waals surface area (Å²) in [6.45, 7) is 6.00.